The van der Waals surface area contributed by atoms with Crippen LogP contribution in [0.15, 0.2) is 78.9 Å². The summed E-state index contributed by atoms with van der Waals surface area (Å²) in [6.45, 7) is 1.32. The molecular formula is C25H24FN3O2. The Balaban J connectivity index is 1.43. The molecule has 1 saturated heterocycles. The van der Waals surface area contributed by atoms with E-state index in [-0.39, 0.29) is 36.5 Å². The number of fused-ring (bicyclic) bond motifs is 3. The van der Waals surface area contributed by atoms with E-state index in [0.29, 0.717) is 12.2 Å². The topological polar surface area (TPSA) is 55.8 Å². The molecule has 0 radical (unpaired) electrons. The molecule has 31 heavy (non-hydrogen) atoms. The van der Waals surface area contributed by atoms with Gasteiger partial charge in [-0.2, -0.15) is 0 Å². The highest BCUT2D eigenvalue weighted by molar-refractivity contribution is 6.02. The lowest BCUT2D eigenvalue weighted by molar-refractivity contribution is -0.0484. The summed E-state index contributed by atoms with van der Waals surface area (Å²) in [6.07, 6.45) is 0. The number of halogens is 1. The van der Waals surface area contributed by atoms with Gasteiger partial charge in [-0.25, -0.2) is 9.18 Å². The van der Waals surface area contributed by atoms with Gasteiger partial charge in [-0.3, -0.25) is 9.80 Å². The molecule has 0 unspecified atom stereocenters. The number of nitrogens with zero attached hydrogens (tertiary/aromatic N) is 2. The second kappa shape index (κ2) is 8.13. The summed E-state index contributed by atoms with van der Waals surface area (Å²) >= 11 is 0. The van der Waals surface area contributed by atoms with Crippen LogP contribution in [0.1, 0.15) is 17.0 Å². The van der Waals surface area contributed by atoms with Crippen LogP contribution < -0.4 is 10.2 Å². The Morgan fingerprint density at radius 3 is 2.45 bits per heavy atom. The summed E-state index contributed by atoms with van der Waals surface area (Å²) in [4.78, 5) is 17.2. The maximum atomic E-state index is 13.2. The molecule has 1 fully saturated rings. The minimum atomic E-state index is -0.342. The van der Waals surface area contributed by atoms with Crippen molar-refractivity contribution in [2.45, 2.75) is 24.5 Å². The summed E-state index contributed by atoms with van der Waals surface area (Å²) in [5.41, 5.74) is 3.67. The third kappa shape index (κ3) is 3.58. The Kier molecular flexibility index (Phi) is 5.18. The molecule has 2 aliphatic heterocycles. The number of rotatable bonds is 4. The third-order valence-electron chi connectivity index (χ3n) is 6.37. The van der Waals surface area contributed by atoms with Gasteiger partial charge in [0.25, 0.3) is 0 Å². The minimum Gasteiger partial charge on any atom is -0.395 e. The number of benzene rings is 3. The molecule has 5 rings (SSSR count). The molecule has 5 nitrogen and oxygen atoms in total. The molecule has 0 saturated carbocycles. The van der Waals surface area contributed by atoms with Gasteiger partial charge in [0.1, 0.15) is 5.82 Å². The van der Waals surface area contributed by atoms with E-state index in [4.69, 9.17) is 0 Å². The highest BCUT2D eigenvalue weighted by atomic mass is 19.1. The maximum absolute atomic E-state index is 13.2. The molecule has 3 atom stereocenters. The fourth-order valence-electron chi connectivity index (χ4n) is 4.91. The zero-order valence-electron chi connectivity index (χ0n) is 17.0. The van der Waals surface area contributed by atoms with Gasteiger partial charge in [0, 0.05) is 42.5 Å². The zero-order chi connectivity index (χ0) is 21.4. The number of urea groups is 1. The Labute approximate surface area is 180 Å². The molecule has 0 spiro atoms. The summed E-state index contributed by atoms with van der Waals surface area (Å²) < 4.78 is 13.2. The van der Waals surface area contributed by atoms with Crippen molar-refractivity contribution in [2.75, 3.05) is 23.4 Å². The van der Waals surface area contributed by atoms with Gasteiger partial charge in [0.15, 0.2) is 0 Å². The standard InChI is InChI=1S/C25H24FN3O2/c26-18-10-12-19(13-11-18)27-25(31)29-15-22-24(20-8-4-5-9-21(20)29)23(16-30)28(22)14-17-6-2-1-3-7-17/h1-13,22-24,30H,14-16H2,(H,27,31)/t22-,23+,24+/m1/s1. The Bertz CT molecular complexity index is 1070. The number of anilines is 2. The highest BCUT2D eigenvalue weighted by Crippen LogP contribution is 2.48. The summed E-state index contributed by atoms with van der Waals surface area (Å²) in [7, 11) is 0. The minimum absolute atomic E-state index is 0.0219. The van der Waals surface area contributed by atoms with Crippen molar-refractivity contribution in [3.63, 3.8) is 0 Å². The number of amides is 2. The van der Waals surface area contributed by atoms with Crippen LogP contribution in [-0.2, 0) is 6.54 Å². The van der Waals surface area contributed by atoms with Crippen molar-refractivity contribution in [1.82, 2.24) is 4.90 Å². The van der Waals surface area contributed by atoms with Crippen molar-refractivity contribution in [3.8, 4) is 0 Å². The monoisotopic (exact) mass is 417 g/mol. The molecular weight excluding hydrogens is 393 g/mol. The van der Waals surface area contributed by atoms with Gasteiger partial charge in [0.05, 0.1) is 6.61 Å². The number of aliphatic hydroxyl groups excluding tert-OH is 1. The summed E-state index contributed by atoms with van der Waals surface area (Å²) in [5, 5.41) is 13.0. The van der Waals surface area contributed by atoms with Crippen LogP contribution in [0.3, 0.4) is 0 Å². The lowest BCUT2D eigenvalue weighted by Crippen LogP contribution is -2.69. The number of nitrogens with one attached hydrogen (secondary N) is 1. The van der Waals surface area contributed by atoms with Gasteiger partial charge in [-0.15, -0.1) is 0 Å². The van der Waals surface area contributed by atoms with Gasteiger partial charge in [0.2, 0.25) is 0 Å². The zero-order valence-corrected chi connectivity index (χ0v) is 17.0. The second-order valence-corrected chi connectivity index (χ2v) is 8.11. The number of carbonyl (C=O) groups is 1. The first-order valence-electron chi connectivity index (χ1n) is 10.5. The smallest absolute Gasteiger partial charge is 0.326 e. The number of hydrogen-bond acceptors (Lipinski definition) is 3. The van der Waals surface area contributed by atoms with E-state index in [9.17, 15) is 14.3 Å². The van der Waals surface area contributed by atoms with Crippen molar-refractivity contribution in [1.29, 1.82) is 0 Å². The van der Waals surface area contributed by atoms with E-state index in [1.54, 1.807) is 17.0 Å². The fourth-order valence-corrected chi connectivity index (χ4v) is 4.91. The van der Waals surface area contributed by atoms with Crippen LogP contribution in [0.25, 0.3) is 0 Å². The van der Waals surface area contributed by atoms with Gasteiger partial charge < -0.3 is 10.4 Å². The first-order valence-corrected chi connectivity index (χ1v) is 10.5. The highest BCUT2D eigenvalue weighted by Gasteiger charge is 2.53. The summed E-state index contributed by atoms with van der Waals surface area (Å²) in [6, 6.07) is 23.7. The quantitative estimate of drug-likeness (QED) is 0.669. The Morgan fingerprint density at radius 2 is 1.71 bits per heavy atom. The van der Waals surface area contributed by atoms with Gasteiger partial charge in [-0.05, 0) is 41.5 Å². The number of carbonyl (C=O) groups excluding carboxylic acids is 1. The lowest BCUT2D eigenvalue weighted by atomic mass is 9.72. The first kappa shape index (κ1) is 19.7. The molecule has 2 aliphatic rings. The third-order valence-corrected chi connectivity index (χ3v) is 6.37. The molecule has 0 aliphatic carbocycles. The van der Waals surface area contributed by atoms with E-state index in [1.165, 1.54) is 17.7 Å². The molecule has 0 aromatic heterocycles. The molecule has 2 amide bonds. The molecule has 158 valence electrons. The van der Waals surface area contributed by atoms with Crippen molar-refractivity contribution in [2.24, 2.45) is 0 Å². The SMILES string of the molecule is O=C(Nc1ccc(F)cc1)N1C[C@@H]2[C@H](c3ccccc31)[C@H](CO)N2Cc1ccccc1. The predicted octanol–water partition coefficient (Wildman–Crippen LogP) is 4.21. The number of hydrogen-bond donors (Lipinski definition) is 2. The normalized spacial score (nSPS) is 22.3. The largest absolute Gasteiger partial charge is 0.395 e. The molecule has 6 heteroatoms. The maximum Gasteiger partial charge on any atom is 0.326 e. The van der Waals surface area contributed by atoms with E-state index in [1.807, 2.05) is 42.5 Å². The molecule has 0 bridgehead atoms. The average molecular weight is 417 g/mol. The van der Waals surface area contributed by atoms with Crippen LogP contribution in [0.4, 0.5) is 20.6 Å². The fraction of sp³-hybridized carbons (Fsp3) is 0.240. The molecule has 3 aromatic rings. The van der Waals surface area contributed by atoms with Crippen LogP contribution >= 0.6 is 0 Å². The lowest BCUT2D eigenvalue weighted by Gasteiger charge is -2.59. The van der Waals surface area contributed by atoms with Crippen molar-refractivity contribution >= 4 is 17.4 Å². The van der Waals surface area contributed by atoms with Gasteiger partial charge >= 0.3 is 6.03 Å². The van der Waals surface area contributed by atoms with Gasteiger partial charge in [-0.1, -0.05) is 48.5 Å². The van der Waals surface area contributed by atoms with Crippen molar-refractivity contribution < 1.29 is 14.3 Å². The first-order chi connectivity index (χ1) is 15.2. The van der Waals surface area contributed by atoms with E-state index < -0.39 is 0 Å². The number of likely N-dealkylation sites (tertiary alicyclic amines) is 1. The van der Waals surface area contributed by atoms with E-state index in [2.05, 4.69) is 22.3 Å². The predicted molar refractivity (Wildman–Crippen MR) is 119 cm³/mol. The number of para-hydroxylation sites is 1. The van der Waals surface area contributed by atoms with E-state index in [0.717, 1.165) is 17.8 Å². The van der Waals surface area contributed by atoms with Crippen LogP contribution in [0.2, 0.25) is 0 Å². The molecule has 2 N–H and O–H groups in total. The Morgan fingerprint density at radius 1 is 1.00 bits per heavy atom. The summed E-state index contributed by atoms with van der Waals surface area (Å²) in [5.74, 6) is -0.162. The van der Waals surface area contributed by atoms with Crippen LogP contribution in [0.5, 0.6) is 0 Å². The van der Waals surface area contributed by atoms with Crippen LogP contribution in [-0.4, -0.2) is 41.3 Å². The Hall–Kier alpha value is -3.22. The molecule has 2 heterocycles. The number of aliphatic hydroxyl groups is 1. The van der Waals surface area contributed by atoms with Crippen molar-refractivity contribution in [3.05, 3.63) is 95.8 Å². The second-order valence-electron chi connectivity index (χ2n) is 8.11. The average Bonchev–Trinajstić information content (AvgIpc) is 2.79. The van der Waals surface area contributed by atoms with E-state index >= 15 is 0 Å². The molecule has 3 aromatic carbocycles. The van der Waals surface area contributed by atoms with Crippen LogP contribution in [0, 0.1) is 5.82 Å².